The molecule has 0 bridgehead atoms. The molecule has 1 heterocycles. The highest BCUT2D eigenvalue weighted by Crippen LogP contribution is 2.21. The Hall–Kier alpha value is -1.39. The van der Waals surface area contributed by atoms with Gasteiger partial charge >= 0.3 is 5.97 Å². The van der Waals surface area contributed by atoms with E-state index in [4.69, 9.17) is 9.52 Å². The summed E-state index contributed by atoms with van der Waals surface area (Å²) in [6.07, 6.45) is 4.29. The molecule has 0 amide bonds. The number of aryl methyl sites for hydroxylation is 1. The molecule has 0 aliphatic heterocycles. The molecule has 0 radical (unpaired) electrons. The Morgan fingerprint density at radius 2 is 2.00 bits per heavy atom. The topological polar surface area (TPSA) is 76.2 Å². The Kier molecular flexibility index (Phi) is 5.66. The number of hydrogen-bond acceptors (Lipinski definition) is 4. The van der Waals surface area contributed by atoms with Crippen molar-refractivity contribution in [1.82, 2.24) is 10.2 Å². The second-order valence-electron chi connectivity index (χ2n) is 4.15. The number of carboxylic acids is 1. The molecule has 0 aliphatic rings. The molecule has 1 aromatic heterocycles. The van der Waals surface area contributed by atoms with E-state index in [9.17, 15) is 4.79 Å². The summed E-state index contributed by atoms with van der Waals surface area (Å²) in [6.45, 7) is 4.20. The first kappa shape index (κ1) is 13.7. The number of rotatable bonds is 8. The molecule has 1 rings (SSSR count). The van der Waals surface area contributed by atoms with E-state index >= 15 is 0 Å². The number of unbranched alkanes of at least 4 members (excludes halogenated alkanes) is 1. The maximum Gasteiger partial charge on any atom is 0.303 e. The van der Waals surface area contributed by atoms with E-state index in [0.717, 1.165) is 19.3 Å². The third-order valence-electron chi connectivity index (χ3n) is 2.85. The van der Waals surface area contributed by atoms with Crippen molar-refractivity contribution in [2.45, 2.75) is 58.3 Å². The highest BCUT2D eigenvalue weighted by Gasteiger charge is 2.14. The molecule has 0 atom stereocenters. The molecule has 96 valence electrons. The summed E-state index contributed by atoms with van der Waals surface area (Å²) in [5.41, 5.74) is 0. The third kappa shape index (κ3) is 4.54. The van der Waals surface area contributed by atoms with Crippen LogP contribution in [-0.4, -0.2) is 21.3 Å². The number of nitrogens with zero attached hydrogens (tertiary/aromatic N) is 2. The molecule has 5 nitrogen and oxygen atoms in total. The van der Waals surface area contributed by atoms with Crippen LogP contribution in [0.1, 0.15) is 63.7 Å². The maximum absolute atomic E-state index is 10.3. The van der Waals surface area contributed by atoms with Crippen LogP contribution in [0.2, 0.25) is 0 Å². The van der Waals surface area contributed by atoms with Gasteiger partial charge in [-0.2, -0.15) is 0 Å². The van der Waals surface area contributed by atoms with E-state index in [2.05, 4.69) is 24.0 Å². The average molecular weight is 240 g/mol. The molecule has 0 fully saturated rings. The van der Waals surface area contributed by atoms with Crippen LogP contribution in [0.5, 0.6) is 0 Å². The Labute approximate surface area is 101 Å². The van der Waals surface area contributed by atoms with Gasteiger partial charge in [0.25, 0.3) is 0 Å². The van der Waals surface area contributed by atoms with E-state index in [1.54, 1.807) is 0 Å². The fourth-order valence-corrected chi connectivity index (χ4v) is 1.72. The summed E-state index contributed by atoms with van der Waals surface area (Å²) in [5, 5.41) is 16.5. The monoisotopic (exact) mass is 240 g/mol. The lowest BCUT2D eigenvalue weighted by molar-refractivity contribution is -0.137. The Bertz CT molecular complexity index is 345. The standard InChI is InChI=1S/C12H20N2O3/c1-3-9(4-2)12-14-13-10(17-12)7-5-6-8-11(15)16/h9H,3-8H2,1-2H3,(H,15,16). The lowest BCUT2D eigenvalue weighted by Crippen LogP contribution is -1.95. The zero-order valence-corrected chi connectivity index (χ0v) is 10.5. The van der Waals surface area contributed by atoms with Crippen molar-refractivity contribution in [1.29, 1.82) is 0 Å². The fourth-order valence-electron chi connectivity index (χ4n) is 1.72. The van der Waals surface area contributed by atoms with Crippen LogP contribution in [0.25, 0.3) is 0 Å². The van der Waals surface area contributed by atoms with Crippen LogP contribution in [0.15, 0.2) is 4.42 Å². The first-order valence-electron chi connectivity index (χ1n) is 6.21. The predicted octanol–water partition coefficient (Wildman–Crippen LogP) is 2.77. The summed E-state index contributed by atoms with van der Waals surface area (Å²) in [7, 11) is 0. The van der Waals surface area contributed by atoms with Gasteiger partial charge in [0.1, 0.15) is 0 Å². The number of aliphatic carboxylic acids is 1. The van der Waals surface area contributed by atoms with E-state index < -0.39 is 5.97 Å². The first-order chi connectivity index (χ1) is 8.17. The molecule has 0 saturated carbocycles. The predicted molar refractivity (Wildman–Crippen MR) is 62.8 cm³/mol. The van der Waals surface area contributed by atoms with Crippen LogP contribution in [0, 0.1) is 0 Å². The molecular formula is C12H20N2O3. The van der Waals surface area contributed by atoms with Crippen LogP contribution in [0.3, 0.4) is 0 Å². The lowest BCUT2D eigenvalue weighted by Gasteiger charge is -2.04. The molecule has 0 spiro atoms. The fraction of sp³-hybridized carbons (Fsp3) is 0.750. The van der Waals surface area contributed by atoms with Gasteiger partial charge in [-0.25, -0.2) is 0 Å². The van der Waals surface area contributed by atoms with Gasteiger partial charge in [0.15, 0.2) is 0 Å². The summed E-state index contributed by atoms with van der Waals surface area (Å²) in [6, 6.07) is 0. The van der Waals surface area contributed by atoms with Crippen molar-refractivity contribution in [2.75, 3.05) is 0 Å². The van der Waals surface area contributed by atoms with Crippen LogP contribution >= 0.6 is 0 Å². The average Bonchev–Trinajstić information content (AvgIpc) is 2.75. The highest BCUT2D eigenvalue weighted by molar-refractivity contribution is 5.66. The van der Waals surface area contributed by atoms with E-state index in [1.165, 1.54) is 0 Å². The van der Waals surface area contributed by atoms with Gasteiger partial charge in [-0.05, 0) is 25.7 Å². The highest BCUT2D eigenvalue weighted by atomic mass is 16.4. The van der Waals surface area contributed by atoms with Crippen LogP contribution in [-0.2, 0) is 11.2 Å². The zero-order valence-electron chi connectivity index (χ0n) is 10.5. The van der Waals surface area contributed by atoms with Crippen molar-refractivity contribution in [3.05, 3.63) is 11.8 Å². The van der Waals surface area contributed by atoms with Gasteiger partial charge in [-0.3, -0.25) is 4.79 Å². The molecule has 1 N–H and O–H groups in total. The molecule has 5 heteroatoms. The first-order valence-corrected chi connectivity index (χ1v) is 6.21. The smallest absolute Gasteiger partial charge is 0.303 e. The second kappa shape index (κ2) is 7.04. The summed E-state index contributed by atoms with van der Waals surface area (Å²) < 4.78 is 5.56. The van der Waals surface area contributed by atoms with Crippen LogP contribution < -0.4 is 0 Å². The molecule has 0 aliphatic carbocycles. The van der Waals surface area contributed by atoms with Crippen molar-refractivity contribution < 1.29 is 14.3 Å². The quantitative estimate of drug-likeness (QED) is 0.707. The number of carboxylic acid groups (broad SMARTS) is 1. The molecule has 1 aromatic rings. The van der Waals surface area contributed by atoms with Crippen LogP contribution in [0.4, 0.5) is 0 Å². The SMILES string of the molecule is CCC(CC)c1nnc(CCCCC(=O)O)o1. The zero-order chi connectivity index (χ0) is 12.7. The van der Waals surface area contributed by atoms with Crippen molar-refractivity contribution in [2.24, 2.45) is 0 Å². The molecular weight excluding hydrogens is 220 g/mol. The third-order valence-corrected chi connectivity index (χ3v) is 2.85. The van der Waals surface area contributed by atoms with Gasteiger partial charge in [-0.1, -0.05) is 13.8 Å². The molecule has 17 heavy (non-hydrogen) atoms. The van der Waals surface area contributed by atoms with Gasteiger partial charge in [0.2, 0.25) is 11.8 Å². The Morgan fingerprint density at radius 3 is 2.59 bits per heavy atom. The molecule has 0 saturated heterocycles. The van der Waals surface area contributed by atoms with Gasteiger partial charge < -0.3 is 9.52 Å². The Balaban J connectivity index is 2.37. The summed E-state index contributed by atoms with van der Waals surface area (Å²) >= 11 is 0. The van der Waals surface area contributed by atoms with Crippen molar-refractivity contribution in [3.8, 4) is 0 Å². The number of carbonyl (C=O) groups is 1. The summed E-state index contributed by atoms with van der Waals surface area (Å²) in [5.74, 6) is 0.920. The Morgan fingerprint density at radius 1 is 1.29 bits per heavy atom. The van der Waals surface area contributed by atoms with Gasteiger partial charge in [0, 0.05) is 18.8 Å². The lowest BCUT2D eigenvalue weighted by atomic mass is 10.0. The minimum atomic E-state index is -0.756. The normalized spacial score (nSPS) is 11.0. The van der Waals surface area contributed by atoms with E-state index in [0.29, 0.717) is 30.5 Å². The largest absolute Gasteiger partial charge is 0.481 e. The maximum atomic E-state index is 10.3. The second-order valence-corrected chi connectivity index (χ2v) is 4.15. The minimum absolute atomic E-state index is 0.202. The van der Waals surface area contributed by atoms with Crippen molar-refractivity contribution in [3.63, 3.8) is 0 Å². The van der Waals surface area contributed by atoms with E-state index in [-0.39, 0.29) is 6.42 Å². The van der Waals surface area contributed by atoms with E-state index in [1.807, 2.05) is 0 Å². The van der Waals surface area contributed by atoms with Crippen molar-refractivity contribution >= 4 is 5.97 Å². The summed E-state index contributed by atoms with van der Waals surface area (Å²) in [4.78, 5) is 10.3. The number of aromatic nitrogens is 2. The molecule has 0 unspecified atom stereocenters. The number of hydrogen-bond donors (Lipinski definition) is 1. The minimum Gasteiger partial charge on any atom is -0.481 e. The van der Waals surface area contributed by atoms with Gasteiger partial charge in [-0.15, -0.1) is 10.2 Å². The molecule has 0 aromatic carbocycles. The van der Waals surface area contributed by atoms with Gasteiger partial charge in [0.05, 0.1) is 0 Å².